The van der Waals surface area contributed by atoms with Crippen LogP contribution >= 0.6 is 11.8 Å². The molecule has 0 fully saturated rings. The molecule has 0 heterocycles. The average Bonchev–Trinajstić information content (AvgIpc) is 2.93. The van der Waals surface area contributed by atoms with E-state index in [-0.39, 0.29) is 17.2 Å². The number of rotatable bonds is 17. The molecule has 206 valence electrons. The molecule has 0 aliphatic carbocycles. The zero-order valence-corrected chi connectivity index (χ0v) is 22.5. The predicted octanol–water partition coefficient (Wildman–Crippen LogP) is 6.41. The third kappa shape index (κ3) is 11.3. The number of aliphatic carboxylic acids is 1. The molecule has 0 amide bonds. The van der Waals surface area contributed by atoms with Gasteiger partial charge in [-0.3, -0.25) is 4.79 Å². The number of carbonyl (C=O) groups is 2. The highest BCUT2D eigenvalue weighted by Gasteiger charge is 2.18. The molecule has 0 bridgehead atoms. The lowest BCUT2D eigenvalue weighted by Gasteiger charge is -2.19. The van der Waals surface area contributed by atoms with Crippen molar-refractivity contribution >= 4 is 29.8 Å². The predicted molar refractivity (Wildman–Crippen MR) is 153 cm³/mol. The van der Waals surface area contributed by atoms with Gasteiger partial charge >= 0.3 is 11.9 Å². The second kappa shape index (κ2) is 16.3. The third-order valence-electron chi connectivity index (χ3n) is 5.80. The van der Waals surface area contributed by atoms with Crippen molar-refractivity contribution in [1.82, 2.24) is 0 Å². The number of hydrogen-bond donors (Lipinski definition) is 3. The molecule has 3 rings (SSSR count). The molecule has 0 aliphatic rings. The Balaban J connectivity index is 1.55. The number of benzene rings is 3. The topological polar surface area (TPSA) is 113 Å². The van der Waals surface area contributed by atoms with Crippen LogP contribution in [0.2, 0.25) is 0 Å². The molecule has 0 saturated heterocycles. The van der Waals surface area contributed by atoms with E-state index in [0.717, 1.165) is 34.8 Å². The molecule has 39 heavy (non-hydrogen) atoms. The van der Waals surface area contributed by atoms with Crippen LogP contribution in [0.25, 0.3) is 6.08 Å². The summed E-state index contributed by atoms with van der Waals surface area (Å²) in [5.74, 6) is -0.290. The summed E-state index contributed by atoms with van der Waals surface area (Å²) in [7, 11) is 0. The Kier molecular flexibility index (Phi) is 12.4. The molecule has 3 aromatic carbocycles. The number of carboxylic acids is 2. The van der Waals surface area contributed by atoms with E-state index in [0.29, 0.717) is 26.1 Å². The molecule has 7 nitrogen and oxygen atoms in total. The second-order valence-electron chi connectivity index (χ2n) is 8.91. The average molecular weight is 551 g/mol. The largest absolute Gasteiger partial charge is 0.494 e. The Labute approximate surface area is 233 Å². The van der Waals surface area contributed by atoms with Gasteiger partial charge in [0.25, 0.3) is 0 Å². The lowest BCUT2D eigenvalue weighted by atomic mass is 10.1. The number of carboxylic acid groups (broad SMARTS) is 2. The number of hydrogen-bond acceptors (Lipinski definition) is 6. The highest BCUT2D eigenvalue weighted by molar-refractivity contribution is 8.00. The maximum absolute atomic E-state index is 11.1. The number of unbranched alkanes of at least 4 members (excludes halogenated alkanes) is 1. The molecule has 3 N–H and O–H groups in total. The molecule has 0 spiro atoms. The molecule has 0 unspecified atom stereocenters. The maximum Gasteiger partial charge on any atom is 0.335 e. The molecular formula is C31H34O7S. The first-order chi connectivity index (χ1) is 18.9. The van der Waals surface area contributed by atoms with E-state index in [1.54, 1.807) is 12.1 Å². The minimum Gasteiger partial charge on any atom is -0.494 e. The van der Waals surface area contributed by atoms with Crippen molar-refractivity contribution in [3.63, 3.8) is 0 Å². The van der Waals surface area contributed by atoms with Crippen LogP contribution in [0.1, 0.15) is 48.0 Å². The minimum absolute atomic E-state index is 0.0107. The Morgan fingerprint density at radius 1 is 0.821 bits per heavy atom. The summed E-state index contributed by atoms with van der Waals surface area (Å²) in [6.07, 6.45) is 5.43. The van der Waals surface area contributed by atoms with Gasteiger partial charge in [0, 0.05) is 11.3 Å². The lowest BCUT2D eigenvalue weighted by molar-refractivity contribution is -0.137. The molecule has 3 aromatic rings. The maximum atomic E-state index is 11.1. The number of aromatic carboxylic acids is 1. The molecule has 2 atom stereocenters. The van der Waals surface area contributed by atoms with Crippen LogP contribution < -0.4 is 9.47 Å². The Morgan fingerprint density at radius 2 is 1.49 bits per heavy atom. The second-order valence-corrected chi connectivity index (χ2v) is 10.2. The van der Waals surface area contributed by atoms with Crippen molar-refractivity contribution in [1.29, 1.82) is 0 Å². The minimum atomic E-state index is -1.00. The summed E-state index contributed by atoms with van der Waals surface area (Å²) in [6, 6.07) is 23.8. The Hall–Kier alpha value is -3.75. The van der Waals surface area contributed by atoms with Gasteiger partial charge in [0.15, 0.2) is 0 Å². The van der Waals surface area contributed by atoms with Crippen LogP contribution in [-0.4, -0.2) is 51.8 Å². The van der Waals surface area contributed by atoms with Crippen molar-refractivity contribution in [2.45, 2.75) is 48.4 Å². The van der Waals surface area contributed by atoms with Gasteiger partial charge in [0.1, 0.15) is 11.5 Å². The van der Waals surface area contributed by atoms with Gasteiger partial charge in [-0.25, -0.2) is 4.79 Å². The Morgan fingerprint density at radius 3 is 2.15 bits per heavy atom. The van der Waals surface area contributed by atoms with Gasteiger partial charge in [-0.15, -0.1) is 11.8 Å². The van der Waals surface area contributed by atoms with Crippen molar-refractivity contribution in [3.05, 3.63) is 96.1 Å². The fraction of sp³-hybridized carbons (Fsp3) is 0.290. The molecule has 0 radical (unpaired) electrons. The van der Waals surface area contributed by atoms with E-state index in [4.69, 9.17) is 19.7 Å². The zero-order chi connectivity index (χ0) is 27.9. The zero-order valence-electron chi connectivity index (χ0n) is 21.6. The molecule has 8 heteroatoms. The first-order valence-corrected chi connectivity index (χ1v) is 13.8. The lowest BCUT2D eigenvalue weighted by Crippen LogP contribution is -2.21. The van der Waals surface area contributed by atoms with Crippen LogP contribution in [0.4, 0.5) is 0 Å². The van der Waals surface area contributed by atoms with Gasteiger partial charge in [0.05, 0.1) is 30.1 Å². The summed E-state index contributed by atoms with van der Waals surface area (Å²) < 4.78 is 11.6. The van der Waals surface area contributed by atoms with Crippen molar-refractivity contribution in [2.75, 3.05) is 13.2 Å². The smallest absolute Gasteiger partial charge is 0.335 e. The first-order valence-electron chi connectivity index (χ1n) is 12.9. The summed E-state index contributed by atoms with van der Waals surface area (Å²) in [4.78, 5) is 22.8. The van der Waals surface area contributed by atoms with Crippen molar-refractivity contribution < 1.29 is 34.4 Å². The number of aliphatic hydroxyl groups excluding tert-OH is 1. The van der Waals surface area contributed by atoms with Gasteiger partial charge in [0.2, 0.25) is 0 Å². The van der Waals surface area contributed by atoms with Crippen molar-refractivity contribution in [2.24, 2.45) is 0 Å². The monoisotopic (exact) mass is 550 g/mol. The van der Waals surface area contributed by atoms with Crippen LogP contribution in [0, 0.1) is 0 Å². The summed E-state index contributed by atoms with van der Waals surface area (Å²) in [5.41, 5.74) is 1.10. The first kappa shape index (κ1) is 29.8. The molecule has 0 aromatic heterocycles. The van der Waals surface area contributed by atoms with E-state index < -0.39 is 18.0 Å². The molecule has 0 saturated carbocycles. The van der Waals surface area contributed by atoms with Gasteiger partial charge in [-0.05, 0) is 79.8 Å². The van der Waals surface area contributed by atoms with Gasteiger partial charge in [-0.2, -0.15) is 0 Å². The van der Waals surface area contributed by atoms with Crippen LogP contribution in [-0.2, 0) is 4.79 Å². The highest BCUT2D eigenvalue weighted by atomic mass is 32.2. The highest BCUT2D eigenvalue weighted by Crippen LogP contribution is 2.29. The number of ether oxygens (including phenoxy) is 2. The van der Waals surface area contributed by atoms with E-state index in [9.17, 15) is 14.7 Å². The SMILES string of the molecule is O=C(O)CCC[C@H](O)[C@@H](/C=C\c1cccc(OCCCCOc2ccccc2)c1)Sc1ccc(C(=O)O)cc1. The van der Waals surface area contributed by atoms with Gasteiger partial charge < -0.3 is 24.8 Å². The molecular weight excluding hydrogens is 516 g/mol. The summed E-state index contributed by atoms with van der Waals surface area (Å²) in [6.45, 7) is 1.20. The Bertz CT molecular complexity index is 1200. The standard InChI is InChI=1S/C31H34O7S/c32-28(12-7-13-30(33)34)29(39-27-17-15-24(16-18-27)31(35)36)19-14-23-8-6-11-26(22-23)38-21-5-4-20-37-25-9-2-1-3-10-25/h1-3,6,8-11,14-19,22,28-29,32H,4-5,7,12-13,20-21H2,(H,33,34)(H,35,36)/b19-14-/t28-,29+/m0/s1. The molecule has 0 aliphatic heterocycles. The van der Waals surface area contributed by atoms with Crippen LogP contribution in [0.5, 0.6) is 11.5 Å². The van der Waals surface area contributed by atoms with Gasteiger partial charge in [-0.1, -0.05) is 42.5 Å². The van der Waals surface area contributed by atoms with E-state index >= 15 is 0 Å². The quantitative estimate of drug-likeness (QED) is 0.130. The number of thioether (sulfide) groups is 1. The number of aliphatic hydroxyl groups is 1. The fourth-order valence-corrected chi connectivity index (χ4v) is 4.78. The van der Waals surface area contributed by atoms with E-state index in [1.165, 1.54) is 23.9 Å². The van der Waals surface area contributed by atoms with Crippen LogP contribution in [0.15, 0.2) is 89.8 Å². The fourth-order valence-electron chi connectivity index (χ4n) is 3.72. The normalized spacial score (nSPS) is 12.6. The summed E-state index contributed by atoms with van der Waals surface area (Å²) >= 11 is 1.40. The van der Waals surface area contributed by atoms with E-state index in [2.05, 4.69) is 0 Å². The third-order valence-corrected chi connectivity index (χ3v) is 7.09. The summed E-state index contributed by atoms with van der Waals surface area (Å²) in [5, 5.41) is 28.5. The van der Waals surface area contributed by atoms with Crippen molar-refractivity contribution in [3.8, 4) is 11.5 Å². The van der Waals surface area contributed by atoms with E-state index in [1.807, 2.05) is 66.7 Å². The number of para-hydroxylation sites is 1. The van der Waals surface area contributed by atoms with Crippen LogP contribution in [0.3, 0.4) is 0 Å².